The molecule has 0 saturated carbocycles. The summed E-state index contributed by atoms with van der Waals surface area (Å²) in [5, 5.41) is 4.16. The largest absolute Gasteiger partial charge is 0.489 e. The molecule has 0 bridgehead atoms. The zero-order valence-electron chi connectivity index (χ0n) is 11.0. The van der Waals surface area contributed by atoms with Gasteiger partial charge in [0, 0.05) is 24.4 Å². The third-order valence-corrected chi connectivity index (χ3v) is 2.78. The fourth-order valence-corrected chi connectivity index (χ4v) is 1.84. The fourth-order valence-electron chi connectivity index (χ4n) is 1.84. The van der Waals surface area contributed by atoms with Crippen molar-refractivity contribution in [1.82, 2.24) is 9.78 Å². The minimum absolute atomic E-state index is 0.301. The van der Waals surface area contributed by atoms with E-state index in [1.165, 1.54) is 12.1 Å². The number of benzene rings is 1. The van der Waals surface area contributed by atoms with Gasteiger partial charge in [-0.1, -0.05) is 0 Å². The van der Waals surface area contributed by atoms with Crippen LogP contribution in [0.5, 0.6) is 5.75 Å². The van der Waals surface area contributed by atoms with Gasteiger partial charge in [0.25, 0.3) is 0 Å². The van der Waals surface area contributed by atoms with Crippen molar-refractivity contribution in [2.45, 2.75) is 26.5 Å². The first-order valence-electron chi connectivity index (χ1n) is 6.35. The molecule has 0 spiro atoms. The minimum Gasteiger partial charge on any atom is -0.489 e. The van der Waals surface area contributed by atoms with Crippen LogP contribution < -0.4 is 10.5 Å². The summed E-state index contributed by atoms with van der Waals surface area (Å²) in [6, 6.07) is 4.68. The van der Waals surface area contributed by atoms with Gasteiger partial charge in [-0.05, 0) is 37.6 Å². The zero-order chi connectivity index (χ0) is 13.7. The molecule has 0 aliphatic carbocycles. The van der Waals surface area contributed by atoms with Crippen LogP contribution in [-0.2, 0) is 19.6 Å². The van der Waals surface area contributed by atoms with Gasteiger partial charge in [-0.2, -0.15) is 5.10 Å². The summed E-state index contributed by atoms with van der Waals surface area (Å²) in [6.45, 7) is 3.71. The second kappa shape index (κ2) is 6.33. The number of aryl methyl sites for hydroxylation is 1. The maximum atomic E-state index is 13.4. The number of nitrogens with two attached hydrogens (primary N) is 1. The van der Waals surface area contributed by atoms with E-state index in [2.05, 4.69) is 5.10 Å². The number of rotatable bonds is 6. The molecule has 0 amide bonds. The smallest absolute Gasteiger partial charge is 0.127 e. The van der Waals surface area contributed by atoms with Gasteiger partial charge in [0.15, 0.2) is 0 Å². The summed E-state index contributed by atoms with van der Waals surface area (Å²) in [5.41, 5.74) is 7.28. The van der Waals surface area contributed by atoms with E-state index in [0.29, 0.717) is 25.3 Å². The third kappa shape index (κ3) is 3.79. The minimum atomic E-state index is -0.301. The molecule has 19 heavy (non-hydrogen) atoms. The average Bonchev–Trinajstić information content (AvgIpc) is 2.84. The molecule has 1 aromatic carbocycles. The summed E-state index contributed by atoms with van der Waals surface area (Å²) < 4.78 is 20.8. The van der Waals surface area contributed by atoms with E-state index < -0.39 is 0 Å². The molecule has 0 aliphatic heterocycles. The lowest BCUT2D eigenvalue weighted by Gasteiger charge is -2.07. The molecule has 0 atom stereocenters. The van der Waals surface area contributed by atoms with Crippen molar-refractivity contribution in [3.8, 4) is 5.75 Å². The third-order valence-electron chi connectivity index (χ3n) is 2.78. The molecule has 2 rings (SSSR count). The molecule has 0 radical (unpaired) electrons. The van der Waals surface area contributed by atoms with Gasteiger partial charge in [0.1, 0.15) is 18.2 Å². The molecule has 5 heteroatoms. The SMILES string of the molecule is CCn1cc(COc2cc(F)cc(CCN)c2)cn1. The Balaban J connectivity index is 2.02. The zero-order valence-corrected chi connectivity index (χ0v) is 11.0. The summed E-state index contributed by atoms with van der Waals surface area (Å²) in [4.78, 5) is 0. The van der Waals surface area contributed by atoms with Gasteiger partial charge in [0.2, 0.25) is 0 Å². The first-order chi connectivity index (χ1) is 9.21. The van der Waals surface area contributed by atoms with Crippen LogP contribution in [-0.4, -0.2) is 16.3 Å². The first-order valence-corrected chi connectivity index (χ1v) is 6.35. The van der Waals surface area contributed by atoms with Crippen molar-refractivity contribution in [2.75, 3.05) is 6.54 Å². The Morgan fingerprint density at radius 1 is 1.32 bits per heavy atom. The summed E-state index contributed by atoms with van der Waals surface area (Å²) >= 11 is 0. The van der Waals surface area contributed by atoms with Gasteiger partial charge >= 0.3 is 0 Å². The van der Waals surface area contributed by atoms with Crippen LogP contribution in [0.3, 0.4) is 0 Å². The van der Waals surface area contributed by atoms with E-state index in [1.807, 2.05) is 23.9 Å². The van der Waals surface area contributed by atoms with Gasteiger partial charge < -0.3 is 10.5 Å². The first kappa shape index (κ1) is 13.5. The monoisotopic (exact) mass is 263 g/mol. The van der Waals surface area contributed by atoms with Crippen molar-refractivity contribution < 1.29 is 9.13 Å². The quantitative estimate of drug-likeness (QED) is 0.868. The maximum absolute atomic E-state index is 13.4. The van der Waals surface area contributed by atoms with Gasteiger partial charge in [-0.15, -0.1) is 0 Å². The fraction of sp³-hybridized carbons (Fsp3) is 0.357. The maximum Gasteiger partial charge on any atom is 0.127 e. The molecule has 0 fully saturated rings. The van der Waals surface area contributed by atoms with E-state index in [4.69, 9.17) is 10.5 Å². The summed E-state index contributed by atoms with van der Waals surface area (Å²) in [6.07, 6.45) is 4.31. The van der Waals surface area contributed by atoms with E-state index >= 15 is 0 Å². The molecule has 2 aromatic rings. The molecule has 1 aromatic heterocycles. The van der Waals surface area contributed by atoms with Crippen LogP contribution in [0.4, 0.5) is 4.39 Å². The molecule has 0 saturated heterocycles. The van der Waals surface area contributed by atoms with Crippen LogP contribution in [0.15, 0.2) is 30.6 Å². The van der Waals surface area contributed by atoms with Crippen LogP contribution in [0.1, 0.15) is 18.1 Å². The normalized spacial score (nSPS) is 10.7. The predicted molar refractivity (Wildman–Crippen MR) is 71.4 cm³/mol. The predicted octanol–water partition coefficient (Wildman–Crippen LogP) is 2.12. The number of nitrogens with zero attached hydrogens (tertiary/aromatic N) is 2. The van der Waals surface area contributed by atoms with E-state index in [0.717, 1.165) is 17.7 Å². The lowest BCUT2D eigenvalue weighted by Crippen LogP contribution is -2.03. The second-order valence-corrected chi connectivity index (χ2v) is 4.33. The number of hydrogen-bond donors (Lipinski definition) is 1. The van der Waals surface area contributed by atoms with Crippen molar-refractivity contribution >= 4 is 0 Å². The van der Waals surface area contributed by atoms with Crippen LogP contribution in [0, 0.1) is 5.82 Å². The molecular weight excluding hydrogens is 245 g/mol. The van der Waals surface area contributed by atoms with Crippen LogP contribution in [0.25, 0.3) is 0 Å². The Bertz CT molecular complexity index is 539. The molecule has 1 heterocycles. The highest BCUT2D eigenvalue weighted by molar-refractivity contribution is 5.30. The molecule has 4 nitrogen and oxygen atoms in total. The summed E-state index contributed by atoms with van der Waals surface area (Å²) in [7, 11) is 0. The van der Waals surface area contributed by atoms with Crippen LogP contribution >= 0.6 is 0 Å². The van der Waals surface area contributed by atoms with Crippen LogP contribution in [0.2, 0.25) is 0 Å². The molecule has 102 valence electrons. The van der Waals surface area contributed by atoms with E-state index in [-0.39, 0.29) is 5.82 Å². The van der Waals surface area contributed by atoms with E-state index in [9.17, 15) is 4.39 Å². The number of halogens is 1. The number of ether oxygens (including phenoxy) is 1. The Labute approximate surface area is 112 Å². The highest BCUT2D eigenvalue weighted by atomic mass is 19.1. The average molecular weight is 263 g/mol. The topological polar surface area (TPSA) is 53.1 Å². The lowest BCUT2D eigenvalue weighted by molar-refractivity contribution is 0.304. The van der Waals surface area contributed by atoms with Crippen molar-refractivity contribution in [3.63, 3.8) is 0 Å². The molecular formula is C14H18FN3O. The van der Waals surface area contributed by atoms with Crippen molar-refractivity contribution in [3.05, 3.63) is 47.5 Å². The van der Waals surface area contributed by atoms with Gasteiger partial charge in [0.05, 0.1) is 6.20 Å². The number of hydrogen-bond acceptors (Lipinski definition) is 3. The standard InChI is InChI=1S/C14H18FN3O/c1-2-18-9-12(8-17-18)10-19-14-6-11(3-4-16)5-13(15)7-14/h5-9H,2-4,10,16H2,1H3. The second-order valence-electron chi connectivity index (χ2n) is 4.33. The Hall–Kier alpha value is -1.88. The Morgan fingerprint density at radius 3 is 2.84 bits per heavy atom. The molecule has 0 aliphatic rings. The Morgan fingerprint density at radius 2 is 2.16 bits per heavy atom. The molecule has 0 unspecified atom stereocenters. The van der Waals surface area contributed by atoms with Gasteiger partial charge in [-0.25, -0.2) is 4.39 Å². The highest BCUT2D eigenvalue weighted by Gasteiger charge is 2.03. The van der Waals surface area contributed by atoms with Gasteiger partial charge in [-0.3, -0.25) is 4.68 Å². The molecule has 2 N–H and O–H groups in total. The summed E-state index contributed by atoms with van der Waals surface area (Å²) in [5.74, 6) is 0.220. The lowest BCUT2D eigenvalue weighted by atomic mass is 10.1. The number of aromatic nitrogens is 2. The van der Waals surface area contributed by atoms with E-state index in [1.54, 1.807) is 6.20 Å². The highest BCUT2D eigenvalue weighted by Crippen LogP contribution is 2.18. The van der Waals surface area contributed by atoms with Crippen molar-refractivity contribution in [2.24, 2.45) is 5.73 Å². The Kier molecular flexibility index (Phi) is 4.52. The van der Waals surface area contributed by atoms with Crippen molar-refractivity contribution in [1.29, 1.82) is 0 Å².